The van der Waals surface area contributed by atoms with Gasteiger partial charge < -0.3 is 14.4 Å². The molecule has 0 amide bonds. The largest absolute Gasteiger partial charge is 0.469 e. The number of rotatable bonds is 2. The van der Waals surface area contributed by atoms with Crippen LogP contribution in [0.2, 0.25) is 0 Å². The zero-order valence-corrected chi connectivity index (χ0v) is 14.4. The first-order valence-electron chi connectivity index (χ1n) is 8.19. The predicted molar refractivity (Wildman–Crippen MR) is 92.1 cm³/mol. The summed E-state index contributed by atoms with van der Waals surface area (Å²) >= 11 is 0. The first kappa shape index (κ1) is 15.8. The molecule has 128 valence electrons. The van der Waals surface area contributed by atoms with Crippen LogP contribution in [0, 0.1) is 6.92 Å². The highest BCUT2D eigenvalue weighted by molar-refractivity contribution is 5.60. The number of pyridine rings is 1. The maximum atomic E-state index is 10.2. The molecule has 1 aliphatic rings. The van der Waals surface area contributed by atoms with Gasteiger partial charge in [-0.05, 0) is 26.8 Å². The number of fused-ring (bicyclic) bond motifs is 1. The highest BCUT2D eigenvalue weighted by atomic mass is 16.5. The van der Waals surface area contributed by atoms with E-state index in [1.54, 1.807) is 6.20 Å². The number of benzene rings is 1. The van der Waals surface area contributed by atoms with Crippen molar-refractivity contribution < 1.29 is 14.4 Å². The molecule has 6 heteroatoms. The lowest BCUT2D eigenvalue weighted by Gasteiger charge is -2.36. The molecule has 1 aliphatic heterocycles. The number of ether oxygens (including phenoxy) is 1. The summed E-state index contributed by atoms with van der Waals surface area (Å²) in [4.78, 5) is 8.81. The molecule has 1 N–H and O–H groups in total. The van der Waals surface area contributed by atoms with Crippen molar-refractivity contribution in [2.45, 2.75) is 38.9 Å². The Morgan fingerprint density at radius 2 is 1.92 bits per heavy atom. The van der Waals surface area contributed by atoms with Crippen molar-refractivity contribution in [3.63, 3.8) is 0 Å². The fraction of sp³-hybridized carbons (Fsp3) is 0.316. The summed E-state index contributed by atoms with van der Waals surface area (Å²) < 4.78 is 11.2. The van der Waals surface area contributed by atoms with Gasteiger partial charge in [-0.15, -0.1) is 0 Å². The van der Waals surface area contributed by atoms with Crippen LogP contribution >= 0.6 is 0 Å². The fourth-order valence-electron chi connectivity index (χ4n) is 2.78. The third-order valence-corrected chi connectivity index (χ3v) is 4.48. The Bertz CT molecular complexity index is 916. The fourth-order valence-corrected chi connectivity index (χ4v) is 2.78. The van der Waals surface area contributed by atoms with Crippen LogP contribution in [0.4, 0.5) is 0 Å². The Kier molecular flexibility index (Phi) is 3.58. The van der Waals surface area contributed by atoms with Crippen molar-refractivity contribution in [1.82, 2.24) is 15.1 Å². The van der Waals surface area contributed by atoms with Gasteiger partial charge in [0, 0.05) is 23.7 Å². The van der Waals surface area contributed by atoms with Gasteiger partial charge in [-0.2, -0.15) is 4.98 Å². The number of aliphatic hydroxyl groups excluding tert-OH is 1. The van der Waals surface area contributed by atoms with Crippen molar-refractivity contribution in [3.05, 3.63) is 47.7 Å². The van der Waals surface area contributed by atoms with Gasteiger partial charge in [0.15, 0.2) is 0 Å². The summed E-state index contributed by atoms with van der Waals surface area (Å²) in [5.74, 6) is 1.47. The van der Waals surface area contributed by atoms with Crippen molar-refractivity contribution in [2.75, 3.05) is 0 Å². The van der Waals surface area contributed by atoms with E-state index in [2.05, 4.69) is 15.1 Å². The van der Waals surface area contributed by atoms with Crippen LogP contribution in [0.25, 0.3) is 22.8 Å². The van der Waals surface area contributed by atoms with Gasteiger partial charge in [0.1, 0.15) is 5.60 Å². The van der Waals surface area contributed by atoms with Crippen LogP contribution in [0.3, 0.4) is 0 Å². The van der Waals surface area contributed by atoms with Crippen LogP contribution in [0.5, 0.6) is 5.88 Å². The van der Waals surface area contributed by atoms with E-state index in [1.807, 2.05) is 51.1 Å². The molecular formula is C19H19N3O3. The summed E-state index contributed by atoms with van der Waals surface area (Å²) in [6, 6.07) is 9.81. The van der Waals surface area contributed by atoms with Gasteiger partial charge in [-0.25, -0.2) is 4.98 Å². The minimum atomic E-state index is -0.648. The monoisotopic (exact) mass is 337 g/mol. The molecule has 0 saturated heterocycles. The van der Waals surface area contributed by atoms with Crippen molar-refractivity contribution in [3.8, 4) is 28.7 Å². The van der Waals surface area contributed by atoms with E-state index in [4.69, 9.17) is 9.26 Å². The molecule has 6 nitrogen and oxygen atoms in total. The number of hydrogen-bond acceptors (Lipinski definition) is 6. The van der Waals surface area contributed by atoms with E-state index in [0.717, 1.165) is 11.1 Å². The third-order valence-electron chi connectivity index (χ3n) is 4.48. The first-order valence-corrected chi connectivity index (χ1v) is 8.19. The van der Waals surface area contributed by atoms with Crippen molar-refractivity contribution >= 4 is 0 Å². The average molecular weight is 337 g/mol. The Morgan fingerprint density at radius 3 is 2.68 bits per heavy atom. The second kappa shape index (κ2) is 5.67. The zero-order chi connectivity index (χ0) is 17.6. The molecule has 25 heavy (non-hydrogen) atoms. The molecule has 1 atom stereocenters. The molecule has 4 rings (SSSR count). The van der Waals surface area contributed by atoms with Crippen molar-refractivity contribution in [1.29, 1.82) is 0 Å². The predicted octanol–water partition coefficient (Wildman–Crippen LogP) is 3.18. The van der Waals surface area contributed by atoms with Crippen LogP contribution in [-0.4, -0.2) is 31.9 Å². The molecule has 1 unspecified atom stereocenters. The van der Waals surface area contributed by atoms with Crippen molar-refractivity contribution in [2.24, 2.45) is 0 Å². The highest BCUT2D eigenvalue weighted by Gasteiger charge is 2.36. The quantitative estimate of drug-likeness (QED) is 0.773. The first-order chi connectivity index (χ1) is 11.9. The molecule has 2 aromatic heterocycles. The normalized spacial score (nSPS) is 18.5. The van der Waals surface area contributed by atoms with Gasteiger partial charge in [0.05, 0.1) is 11.7 Å². The Morgan fingerprint density at radius 1 is 1.16 bits per heavy atom. The van der Waals surface area contributed by atoms with Gasteiger partial charge >= 0.3 is 0 Å². The van der Waals surface area contributed by atoms with Gasteiger partial charge in [0.2, 0.25) is 11.7 Å². The van der Waals surface area contributed by atoms with E-state index < -0.39 is 11.7 Å². The van der Waals surface area contributed by atoms with Gasteiger partial charge in [-0.1, -0.05) is 35.0 Å². The molecular weight excluding hydrogens is 318 g/mol. The summed E-state index contributed by atoms with van der Waals surface area (Å²) in [6.07, 6.45) is 1.53. The Labute approximate surface area is 145 Å². The summed E-state index contributed by atoms with van der Waals surface area (Å²) in [7, 11) is 0. The summed E-state index contributed by atoms with van der Waals surface area (Å²) in [6.45, 7) is 5.73. The summed E-state index contributed by atoms with van der Waals surface area (Å²) in [5, 5.41) is 14.3. The minimum absolute atomic E-state index is 0.394. The van der Waals surface area contributed by atoms with E-state index in [0.29, 0.717) is 29.6 Å². The van der Waals surface area contributed by atoms with E-state index >= 15 is 0 Å². The maximum Gasteiger partial charge on any atom is 0.259 e. The topological polar surface area (TPSA) is 81.3 Å². The molecule has 0 fully saturated rings. The molecule has 0 saturated carbocycles. The average Bonchev–Trinajstić information content (AvgIpc) is 3.06. The zero-order valence-electron chi connectivity index (χ0n) is 14.4. The smallest absolute Gasteiger partial charge is 0.259 e. The van der Waals surface area contributed by atoms with Gasteiger partial charge in [-0.3, -0.25) is 0 Å². The number of aryl methyl sites for hydroxylation is 1. The lowest BCUT2D eigenvalue weighted by atomic mass is 9.92. The highest BCUT2D eigenvalue weighted by Crippen LogP contribution is 2.34. The Balaban J connectivity index is 1.65. The second-order valence-corrected chi connectivity index (χ2v) is 6.90. The van der Waals surface area contributed by atoms with Crippen LogP contribution in [-0.2, 0) is 6.42 Å². The van der Waals surface area contributed by atoms with Crippen LogP contribution in [0.15, 0.2) is 41.1 Å². The standard InChI is InChI=1S/C19H19N3O3/c1-11-4-6-12(7-5-11)16-21-18(25-22-16)14-8-13-9-15(23)19(2,3)24-17(13)20-10-14/h4-8,10,15,23H,9H2,1-3H3. The van der Waals surface area contributed by atoms with E-state index in [-0.39, 0.29) is 0 Å². The number of aliphatic hydroxyl groups is 1. The molecule has 0 spiro atoms. The second-order valence-electron chi connectivity index (χ2n) is 6.90. The molecule has 0 bridgehead atoms. The van der Waals surface area contributed by atoms with Gasteiger partial charge in [0.25, 0.3) is 5.89 Å². The van der Waals surface area contributed by atoms with E-state index in [9.17, 15) is 5.11 Å². The molecule has 0 aliphatic carbocycles. The molecule has 3 heterocycles. The number of nitrogens with zero attached hydrogens (tertiary/aromatic N) is 3. The maximum absolute atomic E-state index is 10.2. The lowest BCUT2D eigenvalue weighted by Crippen LogP contribution is -2.46. The minimum Gasteiger partial charge on any atom is -0.469 e. The number of hydrogen-bond donors (Lipinski definition) is 1. The van der Waals surface area contributed by atoms with Crippen LogP contribution in [0.1, 0.15) is 25.0 Å². The molecule has 3 aromatic rings. The number of aromatic nitrogens is 3. The lowest BCUT2D eigenvalue weighted by molar-refractivity contribution is -0.0442. The molecule has 0 radical (unpaired) electrons. The van der Waals surface area contributed by atoms with E-state index in [1.165, 1.54) is 5.56 Å². The summed E-state index contributed by atoms with van der Waals surface area (Å²) in [5.41, 5.74) is 2.96. The Hall–Kier alpha value is -2.73. The van der Waals surface area contributed by atoms with Crippen LogP contribution < -0.4 is 4.74 Å². The third kappa shape index (κ3) is 2.89. The SMILES string of the molecule is Cc1ccc(-c2noc(-c3cnc4c(c3)CC(O)C(C)(C)O4)n2)cc1. The molecule has 1 aromatic carbocycles.